The number of carbonyl (C=O) groups excluding carboxylic acids is 16. The van der Waals surface area contributed by atoms with Crippen LogP contribution in [0.1, 0.15) is 166 Å². The van der Waals surface area contributed by atoms with Gasteiger partial charge in [-0.25, -0.2) is 38.4 Å². The van der Waals surface area contributed by atoms with Crippen LogP contribution in [0, 0.1) is 0 Å². The van der Waals surface area contributed by atoms with Gasteiger partial charge in [0.25, 0.3) is 47.3 Å². The smallest absolute Gasteiger partial charge is 0.338 e. The number of esters is 8. The van der Waals surface area contributed by atoms with E-state index >= 15 is 76.7 Å². The van der Waals surface area contributed by atoms with Crippen LogP contribution in [-0.2, 0) is 75.8 Å². The number of fused-ring (bicyclic) bond motifs is 12. The molecule has 0 N–H and O–H groups in total. The van der Waals surface area contributed by atoms with Crippen molar-refractivity contribution in [2.75, 3.05) is 26.4 Å². The minimum atomic E-state index is -2.44. The predicted molar refractivity (Wildman–Crippen MR) is 507 cm³/mol. The standard InChI is InChI=1S/C112H84N4O32/c117-93-69-49-25-26-50-70(69)94(118)113(93)81-89(145-105(129)65-41-17-5-18-42-65)85(141-101(125)61-33-9-1-10-34-61)77-57-133-110-82(114-95(119)71-51-27-28-52-72(71)96(114)120)90(146-106(130)66-43-19-6-20-44-66)87(143-103(127)63-37-13-3-14-38-63)79(138-110)59-135-112-84(116-99(123)75-55-31-32-56-76(75)100(116)124)92(148-108(132)68-47-23-8-24-48-68)88(144-104(128)64-39-15-4-16-40-64)80(140-112)60-136-111-83(115-97(121)73-53-29-30-54-74(73)98(115)122)91(147-107(131)67-45-21-7-22-46-67)86(78(139-111)58-134-109(81)137-77)142-102(126)62-35-11-2-12-36-62/h1-56,77-92,109-112H,57-60H2/t77-,78-,79-,80-,81-,82-,83-,84-,85-,86-,87-,88-,89-,90-,91-,92-,109-,110-,111-,112-/m1/s1. The lowest BCUT2D eigenvalue weighted by Crippen LogP contribution is -2.71. The number of ether oxygens (including phenoxy) is 16. The van der Waals surface area contributed by atoms with Gasteiger partial charge in [0.05, 0.1) is 115 Å². The Labute approximate surface area is 840 Å². The third-order valence-electron chi connectivity index (χ3n) is 26.7. The van der Waals surface area contributed by atoms with Crippen LogP contribution in [-0.4, -0.2) is 264 Å². The molecule has 9 heterocycles. The van der Waals surface area contributed by atoms with Crippen LogP contribution < -0.4 is 0 Å². The lowest BCUT2D eigenvalue weighted by molar-refractivity contribution is -0.338. The Bertz CT molecular complexity index is 6210. The zero-order chi connectivity index (χ0) is 102. The lowest BCUT2D eigenvalue weighted by atomic mass is 9.92. The second-order valence-electron chi connectivity index (χ2n) is 35.5. The first-order chi connectivity index (χ1) is 72.1. The molecule has 0 aliphatic carbocycles. The van der Waals surface area contributed by atoms with Crippen molar-refractivity contribution >= 4 is 95.0 Å². The van der Waals surface area contributed by atoms with E-state index in [4.69, 9.17) is 75.8 Å². The number of hydrogen-bond donors (Lipinski definition) is 0. The number of nitrogens with zero attached hydrogens (tertiary/aromatic N) is 4. The highest BCUT2D eigenvalue weighted by Gasteiger charge is 2.66. The van der Waals surface area contributed by atoms with Crippen LogP contribution in [0.25, 0.3) is 0 Å². The summed E-state index contributed by atoms with van der Waals surface area (Å²) < 4.78 is 112. The molecule has 21 rings (SSSR count). The molecule has 148 heavy (non-hydrogen) atoms. The number of carbonyl (C=O) groups is 16. The van der Waals surface area contributed by atoms with Gasteiger partial charge in [0.15, 0.2) is 74.0 Å². The van der Waals surface area contributed by atoms with E-state index in [9.17, 15) is 0 Å². The molecular weight excluding hydrogens is 1910 g/mol. The zero-order valence-electron chi connectivity index (χ0n) is 77.6. The fourth-order valence-electron chi connectivity index (χ4n) is 19.6. The molecule has 0 unspecified atom stereocenters. The molecule has 5 fully saturated rings. The van der Waals surface area contributed by atoms with Crippen molar-refractivity contribution in [1.29, 1.82) is 0 Å². The fraction of sp³-hybridized carbons (Fsp3) is 0.214. The predicted octanol–water partition coefficient (Wildman–Crippen LogP) is 11.4. The van der Waals surface area contributed by atoms with Crippen molar-refractivity contribution in [2.45, 2.75) is 123 Å². The topological polar surface area (TPSA) is 434 Å². The molecule has 0 saturated carbocycles. The molecule has 12 aromatic carbocycles. The average Bonchev–Trinajstić information content (AvgIpc) is 1.57. The maximum atomic E-state index is 16.0. The molecule has 9 aliphatic rings. The molecule has 12 aromatic rings. The van der Waals surface area contributed by atoms with E-state index in [1.54, 1.807) is 48.5 Å². The van der Waals surface area contributed by atoms with E-state index in [0.717, 1.165) is 0 Å². The quantitative estimate of drug-likeness (QED) is 0.0388. The molecule has 5 saturated heterocycles. The summed E-state index contributed by atoms with van der Waals surface area (Å²) in [5.74, 6) is -18.7. The van der Waals surface area contributed by atoms with Crippen LogP contribution in [0.4, 0.5) is 0 Å². The summed E-state index contributed by atoms with van der Waals surface area (Å²) >= 11 is 0. The first kappa shape index (κ1) is 96.8. The van der Waals surface area contributed by atoms with Crippen molar-refractivity contribution < 1.29 is 153 Å². The van der Waals surface area contributed by atoms with Crippen molar-refractivity contribution in [3.63, 3.8) is 0 Å². The third-order valence-corrected chi connectivity index (χ3v) is 26.7. The van der Waals surface area contributed by atoms with Crippen molar-refractivity contribution in [1.82, 2.24) is 19.6 Å². The molecule has 20 atom stereocenters. The SMILES string of the molecule is O=C(O[C@H]1[C@H](OC(=O)c2ccccc2)[C@H]2CO[C@@H]3O[C@H](CO[C@@H]4O[C@H](CO[C@@H]5O[C@H](CO[C@H](O2)[C@@H]1N1C(=O)c2ccccc2C1=O)[C@@H](OC(=O)c1ccccc1)[C@H](OC(=O)c1ccccc1)[C@H]5N1C(=O)c2ccccc2C1=O)[C@@H](OC(=O)c1ccccc1)[C@H](OC(=O)c1ccccc1)[C@H]4N1C(=O)c2ccccc2C1=O)[C@@H](OC(=O)c1ccccc1)[C@H](OC(=O)c1ccccc1)[C@H]3N1C(=O)c2ccccc2C1=O)c1ccccc1. The van der Waals surface area contributed by atoms with Gasteiger partial charge in [0.1, 0.15) is 48.6 Å². The average molecular weight is 2000 g/mol. The summed E-state index contributed by atoms with van der Waals surface area (Å²) in [5, 5.41) is 0. The van der Waals surface area contributed by atoms with Gasteiger partial charge in [-0.1, -0.05) is 194 Å². The van der Waals surface area contributed by atoms with E-state index in [1.807, 2.05) is 0 Å². The summed E-state index contributed by atoms with van der Waals surface area (Å²) in [4.78, 5) is 256. The summed E-state index contributed by atoms with van der Waals surface area (Å²) in [7, 11) is 0. The number of imide groups is 4. The van der Waals surface area contributed by atoms with Gasteiger partial charge in [-0.15, -0.1) is 0 Å². The van der Waals surface area contributed by atoms with Crippen molar-refractivity contribution in [3.05, 3.63) is 429 Å². The van der Waals surface area contributed by atoms with Gasteiger partial charge >= 0.3 is 47.8 Å². The highest BCUT2D eigenvalue weighted by Crippen LogP contribution is 2.46. The highest BCUT2D eigenvalue weighted by atomic mass is 16.8. The van der Waals surface area contributed by atoms with Crippen LogP contribution in [0.15, 0.2) is 340 Å². The molecule has 0 aromatic heterocycles. The van der Waals surface area contributed by atoms with Crippen LogP contribution >= 0.6 is 0 Å². The van der Waals surface area contributed by atoms with Gasteiger partial charge in [0.2, 0.25) is 0 Å². The van der Waals surface area contributed by atoms with Gasteiger partial charge in [-0.3, -0.25) is 58.0 Å². The van der Waals surface area contributed by atoms with Gasteiger partial charge in [-0.2, -0.15) is 0 Å². The molecule has 0 spiro atoms. The molecule has 744 valence electrons. The Hall–Kier alpha value is -17.4. The van der Waals surface area contributed by atoms with Gasteiger partial charge in [0, 0.05) is 0 Å². The largest absolute Gasteiger partial charge is 0.452 e. The number of rotatable bonds is 20. The molecule has 8 bridgehead atoms. The molecule has 8 amide bonds. The first-order valence-corrected chi connectivity index (χ1v) is 47.2. The minimum absolute atomic E-state index is 0.185. The zero-order valence-corrected chi connectivity index (χ0v) is 77.6. The lowest BCUT2D eigenvalue weighted by Gasteiger charge is -2.51. The van der Waals surface area contributed by atoms with E-state index in [0.29, 0.717) is 19.6 Å². The second-order valence-corrected chi connectivity index (χ2v) is 35.5. The fourth-order valence-corrected chi connectivity index (χ4v) is 19.6. The van der Waals surface area contributed by atoms with Crippen molar-refractivity contribution in [2.24, 2.45) is 0 Å². The monoisotopic (exact) mass is 2000 g/mol. The van der Waals surface area contributed by atoms with Gasteiger partial charge in [-0.05, 0) is 146 Å². The molecule has 36 nitrogen and oxygen atoms in total. The third kappa shape index (κ3) is 18.7. The number of benzene rings is 12. The number of hydrogen-bond acceptors (Lipinski definition) is 32. The minimum Gasteiger partial charge on any atom is -0.452 e. The maximum absolute atomic E-state index is 16.0. The summed E-state index contributed by atoms with van der Waals surface area (Å²) in [5.41, 5.74) is -3.47. The van der Waals surface area contributed by atoms with Crippen molar-refractivity contribution in [3.8, 4) is 0 Å². The molecule has 0 radical (unpaired) electrons. The molecular formula is C112H84N4O32. The number of amides is 8. The Morgan fingerprint density at radius 2 is 0.297 bits per heavy atom. The van der Waals surface area contributed by atoms with Gasteiger partial charge < -0.3 is 75.8 Å². The van der Waals surface area contributed by atoms with Crippen LogP contribution in [0.5, 0.6) is 0 Å². The van der Waals surface area contributed by atoms with Crippen LogP contribution in [0.2, 0.25) is 0 Å². The Morgan fingerprint density at radius 1 is 0.176 bits per heavy atom. The molecule has 36 heteroatoms. The summed E-state index contributed by atoms with van der Waals surface area (Å²) in [6.07, 6.45) is -37.0. The Kier molecular flexibility index (Phi) is 27.3. The second kappa shape index (κ2) is 41.8. The Morgan fingerprint density at radius 3 is 0.432 bits per heavy atom. The highest BCUT2D eigenvalue weighted by molar-refractivity contribution is 6.24. The summed E-state index contributed by atoms with van der Waals surface area (Å²) in [6, 6.07) is 70.7. The Balaban J connectivity index is 0.815. The van der Waals surface area contributed by atoms with Crippen LogP contribution in [0.3, 0.4) is 0 Å². The van der Waals surface area contributed by atoms with E-state index in [2.05, 4.69) is 0 Å². The van der Waals surface area contributed by atoms with E-state index in [1.165, 1.54) is 291 Å². The first-order valence-electron chi connectivity index (χ1n) is 47.2. The summed E-state index contributed by atoms with van der Waals surface area (Å²) in [6.45, 7) is -4.92. The van der Waals surface area contributed by atoms with E-state index in [-0.39, 0.29) is 89.0 Å². The molecule has 9 aliphatic heterocycles. The maximum Gasteiger partial charge on any atom is 0.338 e. The normalized spacial score (nSPS) is 26.1. The van der Waals surface area contributed by atoms with E-state index < -0.39 is 244 Å².